The summed E-state index contributed by atoms with van der Waals surface area (Å²) in [4.78, 5) is 25.1. The first-order valence-electron chi connectivity index (χ1n) is 5.83. The Kier molecular flexibility index (Phi) is 4.21. The van der Waals surface area contributed by atoms with Crippen LogP contribution < -0.4 is 10.1 Å². The second-order valence-corrected chi connectivity index (χ2v) is 4.64. The van der Waals surface area contributed by atoms with E-state index in [0.29, 0.717) is 17.9 Å². The summed E-state index contributed by atoms with van der Waals surface area (Å²) in [6.45, 7) is 0.302. The fourth-order valence-corrected chi connectivity index (χ4v) is 2.36. The average molecular weight is 285 g/mol. The number of carbonyl (C=O) groups is 2. The highest BCUT2D eigenvalue weighted by molar-refractivity contribution is 6.32. The van der Waals surface area contributed by atoms with Crippen LogP contribution in [-0.4, -0.2) is 35.6 Å². The molecule has 6 nitrogen and oxygen atoms in total. The van der Waals surface area contributed by atoms with E-state index in [1.807, 2.05) is 0 Å². The van der Waals surface area contributed by atoms with Gasteiger partial charge in [0.1, 0.15) is 17.9 Å². The summed E-state index contributed by atoms with van der Waals surface area (Å²) in [6, 6.07) is 0. The van der Waals surface area contributed by atoms with Crippen molar-refractivity contribution in [2.24, 2.45) is 5.92 Å². The molecule has 1 aliphatic rings. The lowest BCUT2D eigenvalue weighted by molar-refractivity contribution is -0.110. The van der Waals surface area contributed by atoms with Crippen molar-refractivity contribution in [3.63, 3.8) is 0 Å². The van der Waals surface area contributed by atoms with Crippen LogP contribution in [0.2, 0.25) is 5.02 Å². The molecule has 1 unspecified atom stereocenters. The van der Waals surface area contributed by atoms with Crippen LogP contribution in [0, 0.1) is 5.92 Å². The van der Waals surface area contributed by atoms with Gasteiger partial charge in [-0.25, -0.2) is 9.78 Å². The van der Waals surface area contributed by atoms with Crippen LogP contribution in [0.15, 0.2) is 6.20 Å². The highest BCUT2D eigenvalue weighted by Gasteiger charge is 2.25. The SMILES string of the molecule is O=CC1Cc2cnc(OCCNC(=O)O)c(Cl)c2C1. The molecular formula is C12H13ClN2O4. The summed E-state index contributed by atoms with van der Waals surface area (Å²) in [5.74, 6) is 0.234. The molecule has 0 aliphatic heterocycles. The van der Waals surface area contributed by atoms with Gasteiger partial charge in [0, 0.05) is 12.1 Å². The molecule has 2 rings (SSSR count). The Labute approximate surface area is 114 Å². The molecule has 19 heavy (non-hydrogen) atoms. The lowest BCUT2D eigenvalue weighted by Gasteiger charge is -2.09. The van der Waals surface area contributed by atoms with Gasteiger partial charge in [-0.3, -0.25) is 0 Å². The molecule has 7 heteroatoms. The number of amides is 1. The zero-order valence-corrected chi connectivity index (χ0v) is 10.8. The molecule has 1 aromatic rings. The molecule has 102 valence electrons. The Balaban J connectivity index is 2.00. The lowest BCUT2D eigenvalue weighted by atomic mass is 10.1. The monoisotopic (exact) mass is 284 g/mol. The molecule has 1 aliphatic carbocycles. The predicted octanol–water partition coefficient (Wildman–Crippen LogP) is 1.30. The van der Waals surface area contributed by atoms with E-state index in [4.69, 9.17) is 21.4 Å². The molecule has 1 amide bonds. The number of rotatable bonds is 5. The lowest BCUT2D eigenvalue weighted by Crippen LogP contribution is -2.26. The number of carboxylic acid groups (broad SMARTS) is 1. The van der Waals surface area contributed by atoms with Gasteiger partial charge in [0.2, 0.25) is 5.88 Å². The quantitative estimate of drug-likeness (QED) is 0.628. The summed E-state index contributed by atoms with van der Waals surface area (Å²) < 4.78 is 5.32. The first kappa shape index (κ1) is 13.6. The fraction of sp³-hybridized carbons (Fsp3) is 0.417. The normalized spacial score (nSPS) is 16.8. The number of hydrogen-bond donors (Lipinski definition) is 2. The van der Waals surface area contributed by atoms with Gasteiger partial charge in [0.15, 0.2) is 0 Å². The molecule has 0 aromatic carbocycles. The van der Waals surface area contributed by atoms with E-state index in [2.05, 4.69) is 10.3 Å². The number of aldehydes is 1. The number of hydrogen-bond acceptors (Lipinski definition) is 4. The van der Waals surface area contributed by atoms with E-state index in [9.17, 15) is 9.59 Å². The van der Waals surface area contributed by atoms with Gasteiger partial charge in [0.05, 0.1) is 6.54 Å². The minimum atomic E-state index is -1.11. The third-order valence-corrected chi connectivity index (χ3v) is 3.33. The number of pyridine rings is 1. The fourth-order valence-electron chi connectivity index (χ4n) is 2.06. The largest absolute Gasteiger partial charge is 0.475 e. The van der Waals surface area contributed by atoms with Gasteiger partial charge in [-0.05, 0) is 24.0 Å². The maximum absolute atomic E-state index is 10.8. The van der Waals surface area contributed by atoms with Crippen LogP contribution in [-0.2, 0) is 17.6 Å². The number of carbonyl (C=O) groups excluding carboxylic acids is 1. The Morgan fingerprint density at radius 3 is 3.11 bits per heavy atom. The number of aromatic nitrogens is 1. The Bertz CT molecular complexity index is 507. The summed E-state index contributed by atoms with van der Waals surface area (Å²) in [5.41, 5.74) is 1.87. The number of fused-ring (bicyclic) bond motifs is 1. The second-order valence-electron chi connectivity index (χ2n) is 4.27. The highest BCUT2D eigenvalue weighted by Crippen LogP contribution is 2.35. The molecule has 2 N–H and O–H groups in total. The van der Waals surface area contributed by atoms with E-state index in [1.165, 1.54) is 0 Å². The Hall–Kier alpha value is -1.82. The van der Waals surface area contributed by atoms with Gasteiger partial charge in [-0.15, -0.1) is 0 Å². The van der Waals surface area contributed by atoms with Gasteiger partial charge < -0.3 is 20.0 Å². The number of nitrogens with one attached hydrogen (secondary N) is 1. The van der Waals surface area contributed by atoms with Crippen LogP contribution in [0.5, 0.6) is 5.88 Å². The molecule has 0 radical (unpaired) electrons. The summed E-state index contributed by atoms with van der Waals surface area (Å²) in [5, 5.41) is 11.0. The van der Waals surface area contributed by atoms with Crippen molar-refractivity contribution in [3.05, 3.63) is 22.3 Å². The second kappa shape index (κ2) is 5.88. The van der Waals surface area contributed by atoms with Crippen LogP contribution in [0.4, 0.5) is 4.79 Å². The first-order chi connectivity index (χ1) is 9.11. The van der Waals surface area contributed by atoms with Gasteiger partial charge >= 0.3 is 6.09 Å². The molecule has 1 heterocycles. The van der Waals surface area contributed by atoms with Crippen LogP contribution in [0.1, 0.15) is 11.1 Å². The minimum Gasteiger partial charge on any atom is -0.475 e. The molecule has 0 saturated carbocycles. The first-order valence-corrected chi connectivity index (χ1v) is 6.20. The van der Waals surface area contributed by atoms with Crippen LogP contribution >= 0.6 is 11.6 Å². The molecule has 1 atom stereocenters. The smallest absolute Gasteiger partial charge is 0.404 e. The van der Waals surface area contributed by atoms with Crippen molar-refractivity contribution in [2.45, 2.75) is 12.8 Å². The maximum atomic E-state index is 10.8. The van der Waals surface area contributed by atoms with E-state index in [-0.39, 0.29) is 24.9 Å². The van der Waals surface area contributed by atoms with Gasteiger partial charge in [-0.1, -0.05) is 11.6 Å². The zero-order chi connectivity index (χ0) is 13.8. The van der Waals surface area contributed by atoms with Gasteiger partial charge in [-0.2, -0.15) is 0 Å². The van der Waals surface area contributed by atoms with Crippen LogP contribution in [0.25, 0.3) is 0 Å². The minimum absolute atomic E-state index is 0.0433. The van der Waals surface area contributed by atoms with E-state index in [0.717, 1.165) is 17.4 Å². The molecule has 0 bridgehead atoms. The number of nitrogens with zero attached hydrogens (tertiary/aromatic N) is 1. The highest BCUT2D eigenvalue weighted by atomic mass is 35.5. The molecule has 1 aromatic heterocycles. The molecule has 0 fully saturated rings. The van der Waals surface area contributed by atoms with Crippen molar-refractivity contribution in [3.8, 4) is 5.88 Å². The van der Waals surface area contributed by atoms with Crippen molar-refractivity contribution in [2.75, 3.05) is 13.2 Å². The van der Waals surface area contributed by atoms with Crippen molar-refractivity contribution in [1.82, 2.24) is 10.3 Å². The van der Waals surface area contributed by atoms with Gasteiger partial charge in [0.25, 0.3) is 0 Å². The Morgan fingerprint density at radius 1 is 1.63 bits per heavy atom. The van der Waals surface area contributed by atoms with Crippen molar-refractivity contribution < 1.29 is 19.4 Å². The average Bonchev–Trinajstić information content (AvgIpc) is 2.80. The zero-order valence-electron chi connectivity index (χ0n) is 10.1. The third kappa shape index (κ3) is 3.14. The van der Waals surface area contributed by atoms with Crippen molar-refractivity contribution in [1.29, 1.82) is 0 Å². The molecule has 0 spiro atoms. The summed E-state index contributed by atoms with van der Waals surface area (Å²) in [6.07, 6.45) is 2.74. The maximum Gasteiger partial charge on any atom is 0.404 e. The van der Waals surface area contributed by atoms with E-state index in [1.54, 1.807) is 6.20 Å². The van der Waals surface area contributed by atoms with Crippen LogP contribution in [0.3, 0.4) is 0 Å². The summed E-state index contributed by atoms with van der Waals surface area (Å²) >= 11 is 6.18. The van der Waals surface area contributed by atoms with Crippen molar-refractivity contribution >= 4 is 24.0 Å². The van der Waals surface area contributed by atoms with E-state index < -0.39 is 6.09 Å². The third-order valence-electron chi connectivity index (χ3n) is 2.94. The predicted molar refractivity (Wildman–Crippen MR) is 67.7 cm³/mol. The van der Waals surface area contributed by atoms with E-state index >= 15 is 0 Å². The summed E-state index contributed by atoms with van der Waals surface area (Å²) in [7, 11) is 0. The standard InChI is InChI=1S/C12H13ClN2O4/c13-10-9-4-7(6-16)3-8(9)5-15-11(10)19-2-1-14-12(17)18/h5-7,14H,1-4H2,(H,17,18). The Morgan fingerprint density at radius 2 is 2.42 bits per heavy atom. The molecule has 0 saturated heterocycles. The molecular weight excluding hydrogens is 272 g/mol. The topological polar surface area (TPSA) is 88.5 Å². The number of ether oxygens (including phenoxy) is 1. The number of halogens is 1.